The van der Waals surface area contributed by atoms with Gasteiger partial charge in [-0.3, -0.25) is 9.48 Å². The molecule has 0 unspecified atom stereocenters. The van der Waals surface area contributed by atoms with E-state index in [1.807, 2.05) is 6.07 Å². The van der Waals surface area contributed by atoms with Crippen molar-refractivity contribution in [2.75, 3.05) is 7.11 Å². The zero-order valence-corrected chi connectivity index (χ0v) is 16.7. The Hall–Kier alpha value is -3.80. The molecule has 1 amide bonds. The summed E-state index contributed by atoms with van der Waals surface area (Å²) in [6, 6.07) is 8.17. The van der Waals surface area contributed by atoms with Crippen molar-refractivity contribution in [2.24, 2.45) is 0 Å². The number of benzene rings is 1. The summed E-state index contributed by atoms with van der Waals surface area (Å²) >= 11 is 0. The Kier molecular flexibility index (Phi) is 5.62. The first-order chi connectivity index (χ1) is 15.0. The lowest BCUT2D eigenvalue weighted by Gasteiger charge is -2.17. The van der Waals surface area contributed by atoms with Gasteiger partial charge in [0, 0.05) is 23.7 Å². The molecular formula is C22H19F2N5O2. The summed E-state index contributed by atoms with van der Waals surface area (Å²) in [5, 5.41) is 16.5. The van der Waals surface area contributed by atoms with Gasteiger partial charge in [0.1, 0.15) is 5.82 Å². The van der Waals surface area contributed by atoms with Crippen molar-refractivity contribution in [1.82, 2.24) is 20.1 Å². The number of carbonyl (C=O) groups is 1. The molecule has 1 aliphatic rings. The van der Waals surface area contributed by atoms with Crippen LogP contribution in [0.1, 0.15) is 46.9 Å². The molecule has 0 fully saturated rings. The minimum atomic E-state index is -0.653. The summed E-state index contributed by atoms with van der Waals surface area (Å²) in [4.78, 5) is 16.6. The predicted octanol–water partition coefficient (Wildman–Crippen LogP) is 3.76. The summed E-state index contributed by atoms with van der Waals surface area (Å²) in [6.45, 7) is 0.629. The number of nitrogens with one attached hydrogen (secondary N) is 1. The third kappa shape index (κ3) is 4.23. The van der Waals surface area contributed by atoms with E-state index < -0.39 is 23.6 Å². The van der Waals surface area contributed by atoms with Crippen LogP contribution in [0.2, 0.25) is 0 Å². The highest BCUT2D eigenvalue weighted by Gasteiger charge is 2.25. The van der Waals surface area contributed by atoms with Gasteiger partial charge in [0.05, 0.1) is 42.4 Å². The molecule has 7 nitrogen and oxygen atoms in total. The SMILES string of the molecule is COc1cc(-c2cc3n(n2)CCCC[C@H]3NC(=O)c2cc(F)cc(C#N)c2)c(F)cn1. The maximum atomic E-state index is 14.4. The molecule has 1 aromatic carbocycles. The zero-order valence-electron chi connectivity index (χ0n) is 16.7. The highest BCUT2D eigenvalue weighted by Crippen LogP contribution is 2.31. The molecule has 3 aromatic rings. The van der Waals surface area contributed by atoms with Crippen LogP contribution in [0.3, 0.4) is 0 Å². The molecule has 0 bridgehead atoms. The van der Waals surface area contributed by atoms with Crippen LogP contribution in [0, 0.1) is 23.0 Å². The highest BCUT2D eigenvalue weighted by molar-refractivity contribution is 5.94. The van der Waals surface area contributed by atoms with E-state index in [4.69, 9.17) is 10.00 Å². The van der Waals surface area contributed by atoms with Crippen LogP contribution in [0.5, 0.6) is 5.88 Å². The van der Waals surface area contributed by atoms with E-state index in [0.29, 0.717) is 18.7 Å². The fourth-order valence-corrected chi connectivity index (χ4v) is 3.68. The molecule has 1 atom stereocenters. The lowest BCUT2D eigenvalue weighted by molar-refractivity contribution is 0.0933. The summed E-state index contributed by atoms with van der Waals surface area (Å²) in [5.74, 6) is -1.41. The number of nitriles is 1. The van der Waals surface area contributed by atoms with Gasteiger partial charge in [-0.15, -0.1) is 0 Å². The number of fused-ring (bicyclic) bond motifs is 1. The lowest BCUT2D eigenvalue weighted by atomic mass is 10.0. The first-order valence-electron chi connectivity index (χ1n) is 9.77. The molecule has 4 rings (SSSR count). The van der Waals surface area contributed by atoms with Gasteiger partial charge in [-0.2, -0.15) is 10.4 Å². The van der Waals surface area contributed by atoms with Gasteiger partial charge in [-0.25, -0.2) is 13.8 Å². The maximum absolute atomic E-state index is 14.4. The van der Waals surface area contributed by atoms with Crippen LogP contribution < -0.4 is 10.1 Å². The number of halogens is 2. The molecule has 1 aliphatic heterocycles. The van der Waals surface area contributed by atoms with E-state index in [9.17, 15) is 13.6 Å². The molecule has 0 spiro atoms. The van der Waals surface area contributed by atoms with Crippen molar-refractivity contribution in [3.8, 4) is 23.2 Å². The summed E-state index contributed by atoms with van der Waals surface area (Å²) in [6.07, 6.45) is 3.43. The van der Waals surface area contributed by atoms with Gasteiger partial charge in [0.2, 0.25) is 5.88 Å². The maximum Gasteiger partial charge on any atom is 0.251 e. The summed E-state index contributed by atoms with van der Waals surface area (Å²) < 4.78 is 35.0. The Morgan fingerprint density at radius 1 is 1.26 bits per heavy atom. The number of aryl methyl sites for hydroxylation is 1. The van der Waals surface area contributed by atoms with E-state index >= 15 is 0 Å². The largest absolute Gasteiger partial charge is 0.481 e. The van der Waals surface area contributed by atoms with Crippen molar-refractivity contribution in [3.05, 3.63) is 65.0 Å². The molecule has 31 heavy (non-hydrogen) atoms. The average Bonchev–Trinajstić information content (AvgIpc) is 3.10. The Morgan fingerprint density at radius 3 is 2.87 bits per heavy atom. The van der Waals surface area contributed by atoms with E-state index in [1.54, 1.807) is 10.7 Å². The first-order valence-corrected chi connectivity index (χ1v) is 9.77. The number of nitrogens with zero attached hydrogens (tertiary/aromatic N) is 4. The summed E-state index contributed by atoms with van der Waals surface area (Å²) in [7, 11) is 1.45. The van der Waals surface area contributed by atoms with Crippen LogP contribution in [0.15, 0.2) is 36.5 Å². The fraction of sp³-hybridized carbons (Fsp3) is 0.273. The number of ether oxygens (including phenoxy) is 1. The number of hydrogen-bond donors (Lipinski definition) is 1. The van der Waals surface area contributed by atoms with Crippen molar-refractivity contribution in [2.45, 2.75) is 31.8 Å². The monoisotopic (exact) mass is 423 g/mol. The van der Waals surface area contributed by atoms with Crippen molar-refractivity contribution >= 4 is 5.91 Å². The fourth-order valence-electron chi connectivity index (χ4n) is 3.68. The Balaban J connectivity index is 1.66. The van der Waals surface area contributed by atoms with Crippen molar-refractivity contribution in [3.63, 3.8) is 0 Å². The quantitative estimate of drug-likeness (QED) is 0.690. The third-order valence-corrected chi connectivity index (χ3v) is 5.19. The second kappa shape index (κ2) is 8.52. The number of aromatic nitrogens is 3. The minimum Gasteiger partial charge on any atom is -0.481 e. The number of pyridine rings is 1. The molecule has 3 heterocycles. The zero-order chi connectivity index (χ0) is 22.0. The van der Waals surface area contributed by atoms with Crippen LogP contribution in [-0.4, -0.2) is 27.8 Å². The van der Waals surface area contributed by atoms with Crippen LogP contribution >= 0.6 is 0 Å². The predicted molar refractivity (Wildman–Crippen MR) is 107 cm³/mol. The van der Waals surface area contributed by atoms with E-state index in [2.05, 4.69) is 15.4 Å². The summed E-state index contributed by atoms with van der Waals surface area (Å²) in [5.41, 5.74) is 1.53. The van der Waals surface area contributed by atoms with Crippen molar-refractivity contribution < 1.29 is 18.3 Å². The minimum absolute atomic E-state index is 0.0667. The third-order valence-electron chi connectivity index (χ3n) is 5.19. The molecule has 9 heteroatoms. The topological polar surface area (TPSA) is 92.8 Å². The van der Waals surface area contributed by atoms with Gasteiger partial charge in [-0.05, 0) is 43.5 Å². The van der Waals surface area contributed by atoms with E-state index in [1.165, 1.54) is 19.2 Å². The van der Waals surface area contributed by atoms with Crippen molar-refractivity contribution in [1.29, 1.82) is 5.26 Å². The average molecular weight is 423 g/mol. The van der Waals surface area contributed by atoms with Gasteiger partial charge >= 0.3 is 0 Å². The molecule has 158 valence electrons. The van der Waals surface area contributed by atoms with Gasteiger partial charge < -0.3 is 10.1 Å². The van der Waals surface area contributed by atoms with Gasteiger partial charge in [-0.1, -0.05) is 0 Å². The van der Waals surface area contributed by atoms with E-state index in [-0.39, 0.29) is 22.6 Å². The Bertz CT molecular complexity index is 1190. The molecule has 0 aliphatic carbocycles. The number of carbonyl (C=O) groups excluding carboxylic acids is 1. The second-order valence-electron chi connectivity index (χ2n) is 7.25. The number of methoxy groups -OCH3 is 1. The van der Waals surface area contributed by atoms with Gasteiger partial charge in [0.15, 0.2) is 5.82 Å². The van der Waals surface area contributed by atoms with E-state index in [0.717, 1.165) is 36.9 Å². The normalized spacial score (nSPS) is 15.5. The Morgan fingerprint density at radius 2 is 2.10 bits per heavy atom. The van der Waals surface area contributed by atoms with Crippen LogP contribution in [-0.2, 0) is 6.54 Å². The molecular weight excluding hydrogens is 404 g/mol. The first kappa shape index (κ1) is 20.5. The van der Waals surface area contributed by atoms with Gasteiger partial charge in [0.25, 0.3) is 5.91 Å². The number of rotatable bonds is 4. The second-order valence-corrected chi connectivity index (χ2v) is 7.25. The Labute approximate surface area is 177 Å². The molecule has 0 saturated carbocycles. The highest BCUT2D eigenvalue weighted by atomic mass is 19.1. The van der Waals surface area contributed by atoms with Crippen LogP contribution in [0.4, 0.5) is 8.78 Å². The molecule has 0 radical (unpaired) electrons. The number of amides is 1. The molecule has 0 saturated heterocycles. The van der Waals surface area contributed by atoms with Crippen LogP contribution in [0.25, 0.3) is 11.3 Å². The standard InChI is InChI=1S/C22H19F2N5O2/c1-31-21-9-16(17(24)12-26-21)19-10-20-18(4-2-3-5-29(20)28-19)27-22(30)14-6-13(11-25)7-15(23)8-14/h6-10,12,18H,2-5H2,1H3,(H,27,30)/t18-/m1/s1. The smallest absolute Gasteiger partial charge is 0.251 e. The number of hydrogen-bond acceptors (Lipinski definition) is 5. The molecule has 2 aromatic heterocycles. The molecule has 1 N–H and O–H groups in total. The lowest BCUT2D eigenvalue weighted by Crippen LogP contribution is -2.29.